The zero-order valence-corrected chi connectivity index (χ0v) is 7.61. The van der Waals surface area contributed by atoms with E-state index in [-0.39, 0.29) is 0 Å². The smallest absolute Gasteiger partial charge is 0.327 e. The van der Waals surface area contributed by atoms with Crippen molar-refractivity contribution < 1.29 is 24.5 Å². The second-order valence-electron chi connectivity index (χ2n) is 1.24. The van der Waals surface area contributed by atoms with Gasteiger partial charge in [0.05, 0.1) is 0 Å². The van der Waals surface area contributed by atoms with Gasteiger partial charge in [-0.25, -0.2) is 4.79 Å². The second-order valence-corrected chi connectivity index (χ2v) is 1.24. The third-order valence-corrected chi connectivity index (χ3v) is 0.410. The molecule has 0 aliphatic rings. The molecule has 0 amide bonds. The van der Waals surface area contributed by atoms with Gasteiger partial charge in [-0.2, -0.15) is 0 Å². The van der Waals surface area contributed by atoms with Crippen LogP contribution in [0.2, 0.25) is 0 Å². The Morgan fingerprint density at radius 3 is 1.67 bits per heavy atom. The quantitative estimate of drug-likeness (QED) is 0.476. The number of carboxylic acids is 1. The van der Waals surface area contributed by atoms with Crippen molar-refractivity contribution in [2.45, 2.75) is 0 Å². The molecule has 0 saturated heterocycles. The highest BCUT2D eigenvalue weighted by Crippen LogP contribution is 1.60. The molecule has 0 saturated carbocycles. The number of ether oxygens (including phenoxy) is 2. The maximum absolute atomic E-state index is 9.25. The van der Waals surface area contributed by atoms with E-state index in [4.69, 9.17) is 10.2 Å². The highest BCUT2D eigenvalue weighted by molar-refractivity contribution is 5.78. The highest BCUT2D eigenvalue weighted by atomic mass is 16.6. The van der Waals surface area contributed by atoms with Crippen LogP contribution < -0.4 is 0 Å². The van der Waals surface area contributed by atoms with E-state index in [9.17, 15) is 4.79 Å². The third kappa shape index (κ3) is 62.3. The first-order chi connectivity index (χ1) is 5.68. The van der Waals surface area contributed by atoms with Crippen LogP contribution in [-0.4, -0.2) is 44.3 Å². The van der Waals surface area contributed by atoms with Crippen molar-refractivity contribution in [1.82, 2.24) is 0 Å². The van der Waals surface area contributed by atoms with Crippen molar-refractivity contribution >= 4 is 5.97 Å². The number of hydrogen-bond acceptors (Lipinski definition) is 4. The number of aliphatic carboxylic acids is 1. The van der Waals surface area contributed by atoms with E-state index in [0.29, 0.717) is 6.79 Å². The first kappa shape index (κ1) is 17.3. The number of aliphatic hydroxyl groups excluding tert-OH is 1. The van der Waals surface area contributed by atoms with Crippen molar-refractivity contribution in [2.75, 3.05) is 28.1 Å². The van der Waals surface area contributed by atoms with E-state index < -0.39 is 5.97 Å². The third-order valence-electron chi connectivity index (χ3n) is 0.410. The molecule has 74 valence electrons. The Bertz CT molecular complexity index is 89.8. The summed E-state index contributed by atoms with van der Waals surface area (Å²) in [7, 11) is 4.17. The van der Waals surface area contributed by atoms with Crippen LogP contribution in [0.15, 0.2) is 12.7 Å². The summed E-state index contributed by atoms with van der Waals surface area (Å²) >= 11 is 0. The molecule has 0 aromatic rings. The Morgan fingerprint density at radius 1 is 1.42 bits per heavy atom. The Balaban J connectivity index is -0.000000112. The summed E-state index contributed by atoms with van der Waals surface area (Å²) < 4.78 is 8.94. The van der Waals surface area contributed by atoms with Crippen LogP contribution in [0, 0.1) is 0 Å². The molecule has 0 unspecified atom stereocenters. The van der Waals surface area contributed by atoms with Crippen LogP contribution in [0.1, 0.15) is 0 Å². The second kappa shape index (κ2) is 22.5. The molecule has 0 bridgehead atoms. The fourth-order valence-corrected chi connectivity index (χ4v) is 0.118. The molecule has 0 aromatic carbocycles. The number of carbonyl (C=O) groups is 1. The minimum Gasteiger partial charge on any atom is -0.478 e. The fourth-order valence-electron chi connectivity index (χ4n) is 0.118. The minimum absolute atomic E-state index is 0.389. The van der Waals surface area contributed by atoms with E-state index in [1.54, 1.807) is 14.2 Å². The Kier molecular flexibility index (Phi) is 32.3. The van der Waals surface area contributed by atoms with E-state index in [2.05, 4.69) is 16.1 Å². The first-order valence-electron chi connectivity index (χ1n) is 2.97. The van der Waals surface area contributed by atoms with Gasteiger partial charge in [0.1, 0.15) is 6.79 Å². The van der Waals surface area contributed by atoms with Gasteiger partial charge < -0.3 is 19.7 Å². The lowest BCUT2D eigenvalue weighted by molar-refractivity contribution is -0.131. The van der Waals surface area contributed by atoms with Crippen LogP contribution in [-0.2, 0) is 14.3 Å². The maximum Gasteiger partial charge on any atom is 0.327 e. The lowest BCUT2D eigenvalue weighted by Gasteiger charge is -1.87. The van der Waals surface area contributed by atoms with Gasteiger partial charge in [-0.1, -0.05) is 6.58 Å². The summed E-state index contributed by atoms with van der Waals surface area (Å²) in [5.74, 6) is -0.981. The molecule has 5 heteroatoms. The molecule has 0 radical (unpaired) electrons. The van der Waals surface area contributed by atoms with Crippen molar-refractivity contribution in [1.29, 1.82) is 0 Å². The molecule has 0 aliphatic heterocycles. The summed E-state index contributed by atoms with van der Waals surface area (Å²) in [6.07, 6.45) is 0.833. The SMILES string of the molecule is C=CC(=O)O.CO.COCOC. The molecule has 0 rings (SSSR count). The van der Waals surface area contributed by atoms with E-state index in [1.807, 2.05) is 0 Å². The number of aliphatic hydroxyl groups is 1. The lowest BCUT2D eigenvalue weighted by Crippen LogP contribution is -1.87. The van der Waals surface area contributed by atoms with E-state index in [1.165, 1.54) is 0 Å². The largest absolute Gasteiger partial charge is 0.478 e. The van der Waals surface area contributed by atoms with E-state index in [0.717, 1.165) is 13.2 Å². The average Bonchev–Trinajstić information content (AvgIpc) is 2.10. The molecule has 0 spiro atoms. The van der Waals surface area contributed by atoms with Gasteiger partial charge >= 0.3 is 5.97 Å². The predicted octanol–water partition coefficient (Wildman–Crippen LogP) is 0.102. The molecule has 5 nitrogen and oxygen atoms in total. The Labute approximate surface area is 72.2 Å². The summed E-state index contributed by atoms with van der Waals surface area (Å²) in [4.78, 5) is 9.25. The van der Waals surface area contributed by atoms with Gasteiger partial charge in [-0.3, -0.25) is 0 Å². The standard InChI is InChI=1S/C3H8O2.C3H4O2.CH4O/c1-4-3-5-2;1-2-3(4)5;1-2/h3H2,1-2H3;2H,1H2,(H,4,5);2H,1H3. The normalized spacial score (nSPS) is 6.67. The summed E-state index contributed by atoms with van der Waals surface area (Å²) in [6.45, 7) is 3.35. The van der Waals surface area contributed by atoms with Gasteiger partial charge in [0, 0.05) is 27.4 Å². The average molecular weight is 180 g/mol. The van der Waals surface area contributed by atoms with Crippen LogP contribution in [0.25, 0.3) is 0 Å². The predicted molar refractivity (Wildman–Crippen MR) is 44.9 cm³/mol. The topological polar surface area (TPSA) is 76.0 Å². The minimum atomic E-state index is -0.981. The van der Waals surface area contributed by atoms with Gasteiger partial charge in [0.25, 0.3) is 0 Å². The monoisotopic (exact) mass is 180 g/mol. The number of methoxy groups -OCH3 is 2. The van der Waals surface area contributed by atoms with Crippen molar-refractivity contribution in [3.63, 3.8) is 0 Å². The van der Waals surface area contributed by atoms with Crippen molar-refractivity contribution in [3.8, 4) is 0 Å². The molecule has 0 atom stereocenters. The number of rotatable bonds is 3. The molecular weight excluding hydrogens is 164 g/mol. The fraction of sp³-hybridized carbons (Fsp3) is 0.571. The highest BCUT2D eigenvalue weighted by Gasteiger charge is 1.73. The first-order valence-corrected chi connectivity index (χ1v) is 2.97. The van der Waals surface area contributed by atoms with Gasteiger partial charge in [0.2, 0.25) is 0 Å². The summed E-state index contributed by atoms with van der Waals surface area (Å²) in [5.41, 5.74) is 0. The van der Waals surface area contributed by atoms with Gasteiger partial charge in [0.15, 0.2) is 0 Å². The molecule has 2 N–H and O–H groups in total. The van der Waals surface area contributed by atoms with Crippen LogP contribution in [0.4, 0.5) is 0 Å². The lowest BCUT2D eigenvalue weighted by atomic mass is 10.7. The molecular formula is C7H16O5. The van der Waals surface area contributed by atoms with Crippen LogP contribution in [0.3, 0.4) is 0 Å². The van der Waals surface area contributed by atoms with Crippen molar-refractivity contribution in [2.24, 2.45) is 0 Å². The Hall–Kier alpha value is -0.910. The van der Waals surface area contributed by atoms with Crippen LogP contribution >= 0.6 is 0 Å². The Morgan fingerprint density at radius 2 is 1.67 bits per heavy atom. The van der Waals surface area contributed by atoms with Crippen molar-refractivity contribution in [3.05, 3.63) is 12.7 Å². The summed E-state index contributed by atoms with van der Waals surface area (Å²) in [5, 5.41) is 14.6. The molecule has 0 fully saturated rings. The van der Waals surface area contributed by atoms with Gasteiger partial charge in [-0.05, 0) is 0 Å². The molecule has 0 aromatic heterocycles. The summed E-state index contributed by atoms with van der Waals surface area (Å²) in [6, 6.07) is 0. The molecule has 0 heterocycles. The van der Waals surface area contributed by atoms with Gasteiger partial charge in [-0.15, -0.1) is 0 Å². The molecule has 0 aliphatic carbocycles. The molecule has 12 heavy (non-hydrogen) atoms. The van der Waals surface area contributed by atoms with E-state index >= 15 is 0 Å². The number of hydrogen-bond donors (Lipinski definition) is 2. The van der Waals surface area contributed by atoms with Crippen LogP contribution in [0.5, 0.6) is 0 Å². The maximum atomic E-state index is 9.25. The zero-order chi connectivity index (χ0) is 10.4. The zero-order valence-electron chi connectivity index (χ0n) is 7.61. The number of carboxylic acid groups (broad SMARTS) is 1.